The summed E-state index contributed by atoms with van der Waals surface area (Å²) in [5, 5.41) is 0. The van der Waals surface area contributed by atoms with Crippen LogP contribution in [0.1, 0.15) is 15.9 Å². The molecule has 1 saturated heterocycles. The Kier molecular flexibility index (Phi) is 5.38. The molecule has 2 rings (SSSR count). The number of rotatable bonds is 4. The summed E-state index contributed by atoms with van der Waals surface area (Å²) in [6.07, 6.45) is 0. The Hall–Kier alpha value is -1.59. The van der Waals surface area contributed by atoms with E-state index in [1.54, 1.807) is 18.2 Å². The number of benzene rings is 1. The van der Waals surface area contributed by atoms with E-state index in [0.29, 0.717) is 38.6 Å². The Morgan fingerprint density at radius 3 is 2.60 bits per heavy atom. The van der Waals surface area contributed by atoms with Crippen LogP contribution in [0.15, 0.2) is 18.2 Å². The molecule has 20 heavy (non-hydrogen) atoms. The van der Waals surface area contributed by atoms with Gasteiger partial charge in [0.15, 0.2) is 0 Å². The third kappa shape index (κ3) is 3.95. The predicted molar refractivity (Wildman–Crippen MR) is 73.1 cm³/mol. The number of hydrogen-bond acceptors (Lipinski definition) is 5. The summed E-state index contributed by atoms with van der Waals surface area (Å²) in [6, 6.07) is 5.26. The fourth-order valence-electron chi connectivity index (χ4n) is 2.03. The van der Waals surface area contributed by atoms with Gasteiger partial charge >= 0.3 is 5.97 Å². The summed E-state index contributed by atoms with van der Waals surface area (Å²) in [4.78, 5) is 11.4. The normalized spacial score (nSPS) is 16.5. The van der Waals surface area contributed by atoms with Gasteiger partial charge in [-0.25, -0.2) is 4.79 Å². The van der Waals surface area contributed by atoms with Crippen molar-refractivity contribution >= 4 is 5.97 Å². The molecule has 0 aromatic heterocycles. The summed E-state index contributed by atoms with van der Waals surface area (Å²) in [6.45, 7) is 5.03. The fraction of sp³-hybridized carbons (Fsp3) is 0.533. The van der Waals surface area contributed by atoms with Crippen molar-refractivity contribution in [2.75, 3.05) is 40.1 Å². The van der Waals surface area contributed by atoms with E-state index in [2.05, 4.69) is 4.74 Å². The van der Waals surface area contributed by atoms with E-state index in [0.717, 1.165) is 11.3 Å². The van der Waals surface area contributed by atoms with Crippen LogP contribution in [0.5, 0.6) is 5.75 Å². The molecule has 0 N–H and O–H groups in total. The standard InChI is InChI=1S/C15H20O5/c1-11-7-13(15(16)17-2)3-4-14(11)20-10-12-8-18-5-6-19-9-12/h3-4,7,12H,5-6,8-10H2,1-2H3. The molecule has 0 bridgehead atoms. The van der Waals surface area contributed by atoms with Crippen molar-refractivity contribution in [1.29, 1.82) is 0 Å². The van der Waals surface area contributed by atoms with Gasteiger partial charge in [0.2, 0.25) is 0 Å². The zero-order chi connectivity index (χ0) is 14.4. The van der Waals surface area contributed by atoms with Gasteiger partial charge in [-0.05, 0) is 30.7 Å². The SMILES string of the molecule is COC(=O)c1ccc(OCC2COCCOC2)c(C)c1. The fourth-order valence-corrected chi connectivity index (χ4v) is 2.03. The van der Waals surface area contributed by atoms with Crippen molar-refractivity contribution in [3.8, 4) is 5.75 Å². The first-order valence-electron chi connectivity index (χ1n) is 6.68. The van der Waals surface area contributed by atoms with Crippen LogP contribution in [0, 0.1) is 12.8 Å². The number of ether oxygens (including phenoxy) is 4. The van der Waals surface area contributed by atoms with Gasteiger partial charge in [0.05, 0.1) is 45.7 Å². The quantitative estimate of drug-likeness (QED) is 0.787. The van der Waals surface area contributed by atoms with Crippen LogP contribution in [0.4, 0.5) is 0 Å². The second-order valence-electron chi connectivity index (χ2n) is 4.80. The lowest BCUT2D eigenvalue weighted by molar-refractivity contribution is 0.0600. The van der Waals surface area contributed by atoms with Crippen molar-refractivity contribution in [1.82, 2.24) is 0 Å². The van der Waals surface area contributed by atoms with Crippen LogP contribution in [-0.2, 0) is 14.2 Å². The summed E-state index contributed by atoms with van der Waals surface area (Å²) >= 11 is 0. The highest BCUT2D eigenvalue weighted by atomic mass is 16.5. The van der Waals surface area contributed by atoms with Gasteiger partial charge in [-0.1, -0.05) is 0 Å². The summed E-state index contributed by atoms with van der Waals surface area (Å²) in [5.41, 5.74) is 1.43. The lowest BCUT2D eigenvalue weighted by Gasteiger charge is -2.16. The highest BCUT2D eigenvalue weighted by molar-refractivity contribution is 5.89. The number of hydrogen-bond donors (Lipinski definition) is 0. The van der Waals surface area contributed by atoms with Crippen LogP contribution in [0.3, 0.4) is 0 Å². The number of carbonyl (C=O) groups is 1. The highest BCUT2D eigenvalue weighted by Gasteiger charge is 2.15. The van der Waals surface area contributed by atoms with Crippen molar-refractivity contribution in [2.45, 2.75) is 6.92 Å². The average molecular weight is 280 g/mol. The maximum absolute atomic E-state index is 11.4. The van der Waals surface area contributed by atoms with Gasteiger partial charge in [-0.2, -0.15) is 0 Å². The molecule has 5 nitrogen and oxygen atoms in total. The highest BCUT2D eigenvalue weighted by Crippen LogP contribution is 2.20. The molecule has 1 aliphatic rings. The molecular formula is C15H20O5. The molecule has 0 aliphatic carbocycles. The Morgan fingerprint density at radius 2 is 2.00 bits per heavy atom. The average Bonchev–Trinajstić information content (AvgIpc) is 2.73. The van der Waals surface area contributed by atoms with Crippen molar-refractivity contribution in [3.05, 3.63) is 29.3 Å². The summed E-state index contributed by atoms with van der Waals surface area (Å²) in [7, 11) is 1.37. The van der Waals surface area contributed by atoms with E-state index in [4.69, 9.17) is 14.2 Å². The van der Waals surface area contributed by atoms with Gasteiger partial charge in [-0.3, -0.25) is 0 Å². The smallest absolute Gasteiger partial charge is 0.337 e. The first kappa shape index (κ1) is 14.8. The zero-order valence-electron chi connectivity index (χ0n) is 11.9. The molecule has 1 aromatic carbocycles. The van der Waals surface area contributed by atoms with Crippen molar-refractivity contribution in [2.24, 2.45) is 5.92 Å². The molecule has 0 amide bonds. The molecule has 0 spiro atoms. The van der Waals surface area contributed by atoms with Crippen LogP contribution in [0.2, 0.25) is 0 Å². The van der Waals surface area contributed by atoms with Gasteiger partial charge in [-0.15, -0.1) is 0 Å². The van der Waals surface area contributed by atoms with E-state index >= 15 is 0 Å². The molecule has 0 unspecified atom stereocenters. The Bertz CT molecular complexity index is 450. The van der Waals surface area contributed by atoms with Gasteiger partial charge in [0.25, 0.3) is 0 Å². The first-order chi connectivity index (χ1) is 9.70. The number of esters is 1. The van der Waals surface area contributed by atoms with E-state index in [-0.39, 0.29) is 11.9 Å². The summed E-state index contributed by atoms with van der Waals surface area (Å²) in [5.74, 6) is 0.657. The van der Waals surface area contributed by atoms with E-state index in [9.17, 15) is 4.79 Å². The molecule has 1 aliphatic heterocycles. The predicted octanol–water partition coefficient (Wildman–Crippen LogP) is 1.82. The van der Waals surface area contributed by atoms with Crippen LogP contribution < -0.4 is 4.74 Å². The molecule has 1 fully saturated rings. The van der Waals surface area contributed by atoms with Crippen molar-refractivity contribution < 1.29 is 23.7 Å². The Labute approximate surface area is 118 Å². The van der Waals surface area contributed by atoms with Gasteiger partial charge in [0, 0.05) is 5.92 Å². The lowest BCUT2D eigenvalue weighted by Crippen LogP contribution is -2.20. The molecule has 5 heteroatoms. The van der Waals surface area contributed by atoms with E-state index < -0.39 is 0 Å². The maximum atomic E-state index is 11.4. The lowest BCUT2D eigenvalue weighted by atomic mass is 10.1. The topological polar surface area (TPSA) is 54.0 Å². The number of aryl methyl sites for hydroxylation is 1. The minimum Gasteiger partial charge on any atom is -0.493 e. The monoisotopic (exact) mass is 280 g/mol. The molecule has 1 heterocycles. The third-order valence-electron chi connectivity index (χ3n) is 3.15. The molecule has 0 radical (unpaired) electrons. The van der Waals surface area contributed by atoms with E-state index in [1.807, 2.05) is 6.92 Å². The largest absolute Gasteiger partial charge is 0.493 e. The Morgan fingerprint density at radius 1 is 1.30 bits per heavy atom. The molecule has 0 saturated carbocycles. The third-order valence-corrected chi connectivity index (χ3v) is 3.15. The van der Waals surface area contributed by atoms with Crippen LogP contribution in [0.25, 0.3) is 0 Å². The minimum atomic E-state index is -0.342. The van der Waals surface area contributed by atoms with Gasteiger partial charge in [0.1, 0.15) is 5.75 Å². The second-order valence-corrected chi connectivity index (χ2v) is 4.80. The summed E-state index contributed by atoms with van der Waals surface area (Å²) < 4.78 is 21.3. The second kappa shape index (κ2) is 7.26. The molecular weight excluding hydrogens is 260 g/mol. The maximum Gasteiger partial charge on any atom is 0.337 e. The van der Waals surface area contributed by atoms with Crippen molar-refractivity contribution in [3.63, 3.8) is 0 Å². The minimum absolute atomic E-state index is 0.234. The Balaban J connectivity index is 1.93. The molecule has 1 aromatic rings. The number of methoxy groups -OCH3 is 1. The molecule has 110 valence electrons. The number of carbonyl (C=O) groups excluding carboxylic acids is 1. The van der Waals surface area contributed by atoms with Crippen LogP contribution in [-0.4, -0.2) is 46.1 Å². The van der Waals surface area contributed by atoms with E-state index in [1.165, 1.54) is 7.11 Å². The zero-order valence-corrected chi connectivity index (χ0v) is 11.9. The van der Waals surface area contributed by atoms with Crippen LogP contribution >= 0.6 is 0 Å². The first-order valence-corrected chi connectivity index (χ1v) is 6.68. The van der Waals surface area contributed by atoms with Gasteiger partial charge < -0.3 is 18.9 Å². The molecule has 0 atom stereocenters.